The fourth-order valence-electron chi connectivity index (χ4n) is 2.25. The number of hydrogen-bond donors (Lipinski definition) is 1. The van der Waals surface area contributed by atoms with Crippen molar-refractivity contribution in [2.75, 3.05) is 6.54 Å². The topological polar surface area (TPSA) is 83.1 Å². The quantitative estimate of drug-likeness (QED) is 0.432. The van der Waals surface area contributed by atoms with E-state index in [1.54, 1.807) is 29.2 Å². The number of carboxylic acids is 1. The van der Waals surface area contributed by atoms with Gasteiger partial charge in [-0.25, -0.2) is 9.79 Å². The van der Waals surface area contributed by atoms with Crippen LogP contribution >= 0.6 is 50.3 Å². The average Bonchev–Trinajstić information content (AvgIpc) is 3.07. The van der Waals surface area contributed by atoms with E-state index >= 15 is 0 Å². The van der Waals surface area contributed by atoms with Crippen molar-refractivity contribution in [3.05, 3.63) is 54.8 Å². The monoisotopic (exact) mass is 546 g/mol. The molecule has 1 aromatic heterocycles. The van der Waals surface area contributed by atoms with Crippen molar-refractivity contribution in [3.63, 3.8) is 0 Å². The molecule has 0 bridgehead atoms. The van der Waals surface area contributed by atoms with Gasteiger partial charge in [0.05, 0.1) is 20.6 Å². The maximum atomic E-state index is 12.6. The Hall–Kier alpha value is -1.59. The first-order valence-electron chi connectivity index (χ1n) is 7.47. The van der Waals surface area contributed by atoms with E-state index in [1.807, 2.05) is 6.92 Å². The van der Waals surface area contributed by atoms with Crippen LogP contribution in [0.1, 0.15) is 23.0 Å². The van der Waals surface area contributed by atoms with E-state index in [4.69, 9.17) is 9.52 Å². The Bertz CT molecular complexity index is 934. The van der Waals surface area contributed by atoms with Crippen LogP contribution < -0.4 is 0 Å². The number of hydrogen-bond acceptors (Lipinski definition) is 5. The third-order valence-electron chi connectivity index (χ3n) is 3.46. The second-order valence-corrected chi connectivity index (χ2v) is 8.02. The molecule has 1 aliphatic rings. The average molecular weight is 547 g/mol. The third-order valence-corrected chi connectivity index (χ3v) is 6.60. The van der Waals surface area contributed by atoms with Gasteiger partial charge in [0.15, 0.2) is 8.93 Å². The van der Waals surface area contributed by atoms with Gasteiger partial charge < -0.3 is 9.52 Å². The van der Waals surface area contributed by atoms with E-state index < -0.39 is 5.97 Å². The van der Waals surface area contributed by atoms with E-state index in [0.29, 0.717) is 31.8 Å². The maximum absolute atomic E-state index is 12.6. The summed E-state index contributed by atoms with van der Waals surface area (Å²) in [7, 11) is 0. The largest absolute Gasteiger partial charge is 0.478 e. The van der Waals surface area contributed by atoms with E-state index in [2.05, 4.69) is 43.5 Å². The molecular weight excluding hydrogens is 535 g/mol. The van der Waals surface area contributed by atoms with Gasteiger partial charge in [0, 0.05) is 35.2 Å². The Morgan fingerprint density at radius 2 is 2.23 bits per heavy atom. The molecule has 1 amide bonds. The van der Waals surface area contributed by atoms with Gasteiger partial charge in [0.25, 0.3) is 5.91 Å². The molecule has 1 aromatic carbocycles. The van der Waals surface area contributed by atoms with Crippen LogP contribution in [0.25, 0.3) is 6.08 Å². The number of halogens is 2. The molecule has 0 saturated carbocycles. The molecule has 1 fully saturated rings. The molecule has 1 saturated heterocycles. The number of amides is 1. The minimum absolute atomic E-state index is 0.148. The summed E-state index contributed by atoms with van der Waals surface area (Å²) in [5, 5.41) is 9.60. The number of rotatable bonds is 4. The summed E-state index contributed by atoms with van der Waals surface area (Å²) >= 11 is 6.67. The SMILES string of the molecule is CCN1C(=O)/C(=C/c2cc(Br)c(I)o2)SC1=Nc1cccc(C(=O)O)c1. The van der Waals surface area contributed by atoms with Gasteiger partial charge in [-0.05, 0) is 58.9 Å². The fourth-order valence-corrected chi connectivity index (χ4v) is 4.01. The van der Waals surface area contributed by atoms with Crippen molar-refractivity contribution in [1.82, 2.24) is 4.90 Å². The van der Waals surface area contributed by atoms with Crippen molar-refractivity contribution < 1.29 is 19.1 Å². The number of likely N-dealkylation sites (N-methyl/N-ethyl adjacent to an activating group) is 1. The number of nitrogens with zero attached hydrogens (tertiary/aromatic N) is 2. The summed E-state index contributed by atoms with van der Waals surface area (Å²) in [6, 6.07) is 8.09. The Morgan fingerprint density at radius 3 is 2.85 bits per heavy atom. The number of furan rings is 1. The normalized spacial score (nSPS) is 17.5. The highest BCUT2D eigenvalue weighted by atomic mass is 127. The summed E-state index contributed by atoms with van der Waals surface area (Å²) in [6.45, 7) is 2.32. The van der Waals surface area contributed by atoms with Crippen molar-refractivity contribution >= 4 is 79.1 Å². The predicted molar refractivity (Wildman–Crippen MR) is 113 cm³/mol. The molecular formula is C17H12BrIN2O4S. The number of carboxylic acid groups (broad SMARTS) is 1. The number of carbonyl (C=O) groups is 2. The molecule has 3 rings (SSSR count). The van der Waals surface area contributed by atoms with E-state index in [0.717, 1.165) is 4.47 Å². The molecule has 9 heteroatoms. The fraction of sp³-hybridized carbons (Fsp3) is 0.118. The molecule has 0 spiro atoms. The second-order valence-electron chi connectivity index (χ2n) is 5.18. The van der Waals surface area contributed by atoms with Crippen LogP contribution in [-0.2, 0) is 4.79 Å². The van der Waals surface area contributed by atoms with Crippen LogP contribution in [0.3, 0.4) is 0 Å². The van der Waals surface area contributed by atoms with E-state index in [-0.39, 0.29) is 11.5 Å². The first kappa shape index (κ1) is 19.2. The van der Waals surface area contributed by atoms with Gasteiger partial charge in [-0.3, -0.25) is 9.69 Å². The molecule has 2 heterocycles. The Labute approximate surface area is 175 Å². The molecule has 0 aliphatic carbocycles. The lowest BCUT2D eigenvalue weighted by atomic mass is 10.2. The first-order chi connectivity index (χ1) is 12.4. The van der Waals surface area contributed by atoms with Gasteiger partial charge >= 0.3 is 5.97 Å². The molecule has 1 N–H and O–H groups in total. The summed E-state index contributed by atoms with van der Waals surface area (Å²) in [5.41, 5.74) is 0.630. The highest BCUT2D eigenvalue weighted by molar-refractivity contribution is 14.1. The number of aliphatic imine (C=N–C) groups is 1. The van der Waals surface area contributed by atoms with Gasteiger partial charge in [-0.15, -0.1) is 0 Å². The zero-order valence-corrected chi connectivity index (χ0v) is 18.0. The van der Waals surface area contributed by atoms with Crippen LogP contribution in [0.5, 0.6) is 0 Å². The highest BCUT2D eigenvalue weighted by Crippen LogP contribution is 2.35. The molecule has 6 nitrogen and oxygen atoms in total. The molecule has 2 aromatic rings. The zero-order valence-electron chi connectivity index (χ0n) is 13.4. The van der Waals surface area contributed by atoms with E-state index in [1.165, 1.54) is 23.9 Å². The van der Waals surface area contributed by atoms with Crippen LogP contribution in [0.15, 0.2) is 49.1 Å². The lowest BCUT2D eigenvalue weighted by molar-refractivity contribution is -0.122. The van der Waals surface area contributed by atoms with Gasteiger partial charge in [-0.1, -0.05) is 6.07 Å². The zero-order chi connectivity index (χ0) is 18.8. The highest BCUT2D eigenvalue weighted by Gasteiger charge is 2.32. The maximum Gasteiger partial charge on any atom is 0.335 e. The lowest BCUT2D eigenvalue weighted by Gasteiger charge is -2.12. The van der Waals surface area contributed by atoms with Gasteiger partial charge in [0.1, 0.15) is 5.76 Å². The second kappa shape index (κ2) is 7.97. The van der Waals surface area contributed by atoms with E-state index in [9.17, 15) is 9.59 Å². The first-order valence-corrected chi connectivity index (χ1v) is 10.2. The molecule has 134 valence electrons. The molecule has 1 aliphatic heterocycles. The number of carbonyl (C=O) groups excluding carboxylic acids is 1. The van der Waals surface area contributed by atoms with Gasteiger partial charge in [-0.2, -0.15) is 0 Å². The Balaban J connectivity index is 1.94. The number of benzene rings is 1. The number of amidine groups is 1. The van der Waals surface area contributed by atoms with Crippen molar-refractivity contribution in [1.29, 1.82) is 0 Å². The van der Waals surface area contributed by atoms with Crippen LogP contribution in [0.4, 0.5) is 5.69 Å². The van der Waals surface area contributed by atoms with Crippen molar-refractivity contribution in [2.24, 2.45) is 4.99 Å². The summed E-state index contributed by atoms with van der Waals surface area (Å²) in [6.07, 6.45) is 1.68. The molecule has 0 radical (unpaired) electrons. The summed E-state index contributed by atoms with van der Waals surface area (Å²) < 4.78 is 7.09. The molecule has 26 heavy (non-hydrogen) atoms. The predicted octanol–water partition coefficient (Wildman–Crippen LogP) is 4.97. The Kier molecular flexibility index (Phi) is 5.88. The van der Waals surface area contributed by atoms with Gasteiger partial charge in [0.2, 0.25) is 0 Å². The number of thioether (sulfide) groups is 1. The van der Waals surface area contributed by atoms with Crippen molar-refractivity contribution in [2.45, 2.75) is 6.92 Å². The molecule has 0 unspecified atom stereocenters. The number of aromatic carboxylic acids is 1. The van der Waals surface area contributed by atoms with Crippen molar-refractivity contribution in [3.8, 4) is 0 Å². The smallest absolute Gasteiger partial charge is 0.335 e. The standard InChI is InChI=1S/C17H12BrIN2O4S/c1-2-21-15(22)13(8-11-7-12(18)14(19)25-11)26-17(21)20-10-5-3-4-9(6-10)16(23)24/h3-8H,2H2,1H3,(H,23,24)/b13-8-,20-17?. The van der Waals surface area contributed by atoms with Crippen LogP contribution in [-0.4, -0.2) is 33.6 Å². The minimum atomic E-state index is -1.02. The molecule has 0 atom stereocenters. The summed E-state index contributed by atoms with van der Waals surface area (Å²) in [4.78, 5) is 30.2. The summed E-state index contributed by atoms with van der Waals surface area (Å²) in [5.74, 6) is -0.608. The third kappa shape index (κ3) is 4.04. The lowest BCUT2D eigenvalue weighted by Crippen LogP contribution is -2.28. The van der Waals surface area contributed by atoms with Crippen LogP contribution in [0.2, 0.25) is 0 Å². The Morgan fingerprint density at radius 1 is 1.46 bits per heavy atom. The minimum Gasteiger partial charge on any atom is -0.478 e. The van der Waals surface area contributed by atoms with Crippen LogP contribution in [0, 0.1) is 3.77 Å².